The summed E-state index contributed by atoms with van der Waals surface area (Å²) in [4.78, 5) is 16.5. The van der Waals surface area contributed by atoms with Crippen molar-refractivity contribution in [3.63, 3.8) is 0 Å². The number of unbranched alkanes of at least 4 members (excludes halogenated alkanes) is 2. The van der Waals surface area contributed by atoms with Crippen molar-refractivity contribution in [2.24, 2.45) is 0 Å². The summed E-state index contributed by atoms with van der Waals surface area (Å²) in [5.74, 6) is 0. The zero-order chi connectivity index (χ0) is 15.9. The van der Waals surface area contributed by atoms with Crippen molar-refractivity contribution in [1.82, 2.24) is 9.80 Å². The maximum absolute atomic E-state index is 12.3. The zero-order valence-corrected chi connectivity index (χ0v) is 14.5. The molecule has 2 amide bonds. The number of benzene rings is 1. The molecule has 0 spiro atoms. The van der Waals surface area contributed by atoms with Crippen molar-refractivity contribution < 1.29 is 4.79 Å². The van der Waals surface area contributed by atoms with E-state index in [0.29, 0.717) is 15.7 Å². The lowest BCUT2D eigenvalue weighted by Crippen LogP contribution is -2.50. The molecule has 122 valence electrons. The lowest BCUT2D eigenvalue weighted by molar-refractivity contribution is 0.146. The fraction of sp³-hybridized carbons (Fsp3) is 0.562. The number of halogens is 2. The van der Waals surface area contributed by atoms with Crippen LogP contribution in [0, 0.1) is 0 Å². The maximum atomic E-state index is 12.3. The van der Waals surface area contributed by atoms with Gasteiger partial charge in [0.2, 0.25) is 0 Å². The van der Waals surface area contributed by atoms with E-state index in [9.17, 15) is 4.79 Å². The molecule has 1 aromatic rings. The molecule has 0 radical (unpaired) electrons. The fourth-order valence-electron chi connectivity index (χ4n) is 2.55. The third-order valence-electron chi connectivity index (χ3n) is 3.91. The zero-order valence-electron chi connectivity index (χ0n) is 12.9. The minimum atomic E-state index is -0.0996. The monoisotopic (exact) mass is 343 g/mol. The third-order valence-corrected chi connectivity index (χ3v) is 4.46. The van der Waals surface area contributed by atoms with Crippen LogP contribution in [0.15, 0.2) is 18.2 Å². The molecule has 0 unspecified atom stereocenters. The first-order chi connectivity index (χ1) is 10.6. The van der Waals surface area contributed by atoms with Crippen LogP contribution in [-0.4, -0.2) is 48.6 Å². The number of nitrogens with one attached hydrogen (secondary N) is 1. The van der Waals surface area contributed by atoms with Gasteiger partial charge < -0.3 is 10.2 Å². The minimum Gasteiger partial charge on any atom is -0.322 e. The quantitative estimate of drug-likeness (QED) is 0.807. The van der Waals surface area contributed by atoms with Crippen molar-refractivity contribution in [3.05, 3.63) is 28.2 Å². The van der Waals surface area contributed by atoms with Gasteiger partial charge in [0, 0.05) is 31.2 Å². The molecule has 2 rings (SSSR count). The second-order valence-electron chi connectivity index (χ2n) is 5.59. The second kappa shape index (κ2) is 8.61. The molecule has 1 heterocycles. The molecule has 1 aromatic carbocycles. The number of amides is 2. The van der Waals surface area contributed by atoms with Crippen molar-refractivity contribution in [3.8, 4) is 0 Å². The molecule has 1 aliphatic heterocycles. The van der Waals surface area contributed by atoms with Gasteiger partial charge in [-0.3, -0.25) is 4.90 Å². The SMILES string of the molecule is CCCCCN1CCN(C(=O)Nc2ccc(Cl)cc2Cl)CC1. The Bertz CT molecular complexity index is 502. The first-order valence-corrected chi connectivity index (χ1v) is 8.59. The number of rotatable bonds is 5. The lowest BCUT2D eigenvalue weighted by Gasteiger charge is -2.34. The lowest BCUT2D eigenvalue weighted by atomic mass is 10.2. The number of nitrogens with zero attached hydrogens (tertiary/aromatic N) is 2. The Balaban J connectivity index is 1.80. The molecule has 0 bridgehead atoms. The number of carbonyl (C=O) groups excluding carboxylic acids is 1. The van der Waals surface area contributed by atoms with Crippen molar-refractivity contribution in [2.45, 2.75) is 26.2 Å². The van der Waals surface area contributed by atoms with E-state index in [1.165, 1.54) is 19.3 Å². The van der Waals surface area contributed by atoms with Gasteiger partial charge in [-0.2, -0.15) is 0 Å². The summed E-state index contributed by atoms with van der Waals surface area (Å²) in [5.41, 5.74) is 0.599. The first kappa shape index (κ1) is 17.4. The molecular weight excluding hydrogens is 321 g/mol. The molecule has 1 aliphatic rings. The van der Waals surface area contributed by atoms with Crippen LogP contribution in [0.4, 0.5) is 10.5 Å². The predicted molar refractivity (Wildman–Crippen MR) is 93.0 cm³/mol. The number of anilines is 1. The minimum absolute atomic E-state index is 0.0996. The molecular formula is C16H23Cl2N3O. The van der Waals surface area contributed by atoms with E-state index in [4.69, 9.17) is 23.2 Å². The molecule has 0 aromatic heterocycles. The highest BCUT2D eigenvalue weighted by Crippen LogP contribution is 2.25. The summed E-state index contributed by atoms with van der Waals surface area (Å²) in [6.07, 6.45) is 3.75. The average molecular weight is 344 g/mol. The van der Waals surface area contributed by atoms with Crippen molar-refractivity contribution in [1.29, 1.82) is 0 Å². The number of hydrogen-bond acceptors (Lipinski definition) is 2. The normalized spacial score (nSPS) is 15.9. The largest absolute Gasteiger partial charge is 0.322 e. The molecule has 1 fully saturated rings. The summed E-state index contributed by atoms with van der Waals surface area (Å²) in [6.45, 7) is 6.72. The van der Waals surface area contributed by atoms with Crippen LogP contribution in [0.1, 0.15) is 26.2 Å². The summed E-state index contributed by atoms with van der Waals surface area (Å²) < 4.78 is 0. The third kappa shape index (κ3) is 5.04. The van der Waals surface area contributed by atoms with Crippen LogP contribution in [0.2, 0.25) is 10.0 Å². The Hall–Kier alpha value is -0.970. The molecule has 0 aliphatic carbocycles. The molecule has 1 N–H and O–H groups in total. The van der Waals surface area contributed by atoms with Crippen LogP contribution in [0.3, 0.4) is 0 Å². The van der Waals surface area contributed by atoms with Crippen LogP contribution in [0.25, 0.3) is 0 Å². The Morgan fingerprint density at radius 2 is 1.91 bits per heavy atom. The Labute approximate surface area is 142 Å². The second-order valence-corrected chi connectivity index (χ2v) is 6.43. The Morgan fingerprint density at radius 1 is 1.18 bits per heavy atom. The van der Waals surface area contributed by atoms with E-state index in [0.717, 1.165) is 32.7 Å². The number of piperazine rings is 1. The first-order valence-electron chi connectivity index (χ1n) is 7.83. The van der Waals surface area contributed by atoms with Gasteiger partial charge in [0.15, 0.2) is 0 Å². The van der Waals surface area contributed by atoms with Crippen molar-refractivity contribution >= 4 is 34.9 Å². The predicted octanol–water partition coefficient (Wildman–Crippen LogP) is 4.33. The van der Waals surface area contributed by atoms with Crippen LogP contribution < -0.4 is 5.32 Å². The van der Waals surface area contributed by atoms with E-state index >= 15 is 0 Å². The summed E-state index contributed by atoms with van der Waals surface area (Å²) >= 11 is 11.9. The van der Waals surface area contributed by atoms with Gasteiger partial charge in [0.25, 0.3) is 0 Å². The number of hydrogen-bond donors (Lipinski definition) is 1. The van der Waals surface area contributed by atoms with Crippen LogP contribution in [0.5, 0.6) is 0 Å². The van der Waals surface area contributed by atoms with Gasteiger partial charge in [-0.05, 0) is 31.2 Å². The van der Waals surface area contributed by atoms with E-state index < -0.39 is 0 Å². The molecule has 6 heteroatoms. The van der Waals surface area contributed by atoms with Crippen LogP contribution >= 0.6 is 23.2 Å². The smallest absolute Gasteiger partial charge is 0.321 e. The van der Waals surface area contributed by atoms with E-state index in [1.54, 1.807) is 18.2 Å². The molecule has 4 nitrogen and oxygen atoms in total. The summed E-state index contributed by atoms with van der Waals surface area (Å²) in [6, 6.07) is 4.97. The van der Waals surface area contributed by atoms with Crippen LogP contribution in [-0.2, 0) is 0 Å². The van der Waals surface area contributed by atoms with E-state index in [-0.39, 0.29) is 6.03 Å². The molecule has 1 saturated heterocycles. The Kier molecular flexibility index (Phi) is 6.80. The van der Waals surface area contributed by atoms with Gasteiger partial charge in [0.1, 0.15) is 0 Å². The summed E-state index contributed by atoms with van der Waals surface area (Å²) in [7, 11) is 0. The van der Waals surface area contributed by atoms with Gasteiger partial charge in [0.05, 0.1) is 10.7 Å². The highest BCUT2D eigenvalue weighted by atomic mass is 35.5. The summed E-state index contributed by atoms with van der Waals surface area (Å²) in [5, 5.41) is 3.87. The molecule has 0 atom stereocenters. The Morgan fingerprint density at radius 3 is 2.55 bits per heavy atom. The maximum Gasteiger partial charge on any atom is 0.321 e. The fourth-order valence-corrected chi connectivity index (χ4v) is 3.00. The van der Waals surface area contributed by atoms with E-state index in [1.807, 2.05) is 4.90 Å². The topological polar surface area (TPSA) is 35.6 Å². The average Bonchev–Trinajstić information content (AvgIpc) is 2.51. The van der Waals surface area contributed by atoms with E-state index in [2.05, 4.69) is 17.1 Å². The molecule has 22 heavy (non-hydrogen) atoms. The highest BCUT2D eigenvalue weighted by Gasteiger charge is 2.21. The van der Waals surface area contributed by atoms with Gasteiger partial charge in [-0.15, -0.1) is 0 Å². The number of urea groups is 1. The van der Waals surface area contributed by atoms with Gasteiger partial charge in [-0.1, -0.05) is 43.0 Å². The highest BCUT2D eigenvalue weighted by molar-refractivity contribution is 6.36. The standard InChI is InChI=1S/C16H23Cl2N3O/c1-2-3-4-7-20-8-10-21(11-9-20)16(22)19-15-6-5-13(17)12-14(15)18/h5-6,12H,2-4,7-11H2,1H3,(H,19,22). The van der Waals surface area contributed by atoms with Gasteiger partial charge in [-0.25, -0.2) is 4.79 Å². The van der Waals surface area contributed by atoms with Crippen molar-refractivity contribution in [2.75, 3.05) is 38.0 Å². The van der Waals surface area contributed by atoms with Gasteiger partial charge >= 0.3 is 6.03 Å². The molecule has 0 saturated carbocycles. The number of carbonyl (C=O) groups is 1.